The van der Waals surface area contributed by atoms with Gasteiger partial charge in [-0.25, -0.2) is 9.97 Å². The molecule has 3 heterocycles. The zero-order valence-electron chi connectivity index (χ0n) is 17.9. The largest absolute Gasteiger partial charge is 0.467 e. The van der Waals surface area contributed by atoms with Crippen LogP contribution < -0.4 is 0 Å². The average Bonchev–Trinajstić information content (AvgIpc) is 3.29. The van der Waals surface area contributed by atoms with Crippen LogP contribution in [0.25, 0.3) is 11.0 Å². The Kier molecular flexibility index (Phi) is 5.52. The van der Waals surface area contributed by atoms with Crippen LogP contribution in [0.1, 0.15) is 44.1 Å². The number of furan rings is 1. The summed E-state index contributed by atoms with van der Waals surface area (Å²) in [6.45, 7) is 10.8. The van der Waals surface area contributed by atoms with Gasteiger partial charge in [0.1, 0.15) is 22.8 Å². The highest BCUT2D eigenvalue weighted by Crippen LogP contribution is 2.32. The quantitative estimate of drug-likeness (QED) is 0.232. The predicted octanol–water partition coefficient (Wildman–Crippen LogP) is 5.59. The van der Waals surface area contributed by atoms with Crippen LogP contribution in [0.15, 0.2) is 46.3 Å². The lowest BCUT2D eigenvalue weighted by Gasteiger charge is -2.10. The van der Waals surface area contributed by atoms with E-state index in [1.54, 1.807) is 12.6 Å². The van der Waals surface area contributed by atoms with Crippen molar-refractivity contribution in [2.24, 2.45) is 0 Å². The first-order chi connectivity index (χ1) is 14.4. The van der Waals surface area contributed by atoms with Gasteiger partial charge in [-0.15, -0.1) is 0 Å². The van der Waals surface area contributed by atoms with Gasteiger partial charge in [-0.2, -0.15) is 0 Å². The highest BCUT2D eigenvalue weighted by atomic mass is 32.2. The third-order valence-corrected chi connectivity index (χ3v) is 6.55. The summed E-state index contributed by atoms with van der Waals surface area (Å²) in [6.07, 6.45) is 3.26. The zero-order chi connectivity index (χ0) is 21.4. The van der Waals surface area contributed by atoms with Crippen LogP contribution >= 0.6 is 11.8 Å². The number of rotatable bonds is 6. The van der Waals surface area contributed by atoms with E-state index in [1.165, 1.54) is 17.3 Å². The molecule has 0 fully saturated rings. The van der Waals surface area contributed by atoms with E-state index in [2.05, 4.69) is 47.4 Å². The van der Waals surface area contributed by atoms with E-state index < -0.39 is 0 Å². The van der Waals surface area contributed by atoms with Crippen molar-refractivity contribution in [3.05, 3.63) is 76.1 Å². The third-order valence-electron chi connectivity index (χ3n) is 5.56. The molecule has 0 aliphatic carbocycles. The maximum atomic E-state index is 13.0. The van der Waals surface area contributed by atoms with Crippen molar-refractivity contribution in [3.63, 3.8) is 0 Å². The molecular formula is C24H25N3O2S. The van der Waals surface area contributed by atoms with Crippen molar-refractivity contribution in [1.82, 2.24) is 14.5 Å². The zero-order valence-corrected chi connectivity index (χ0v) is 18.8. The minimum Gasteiger partial charge on any atom is -0.467 e. The van der Waals surface area contributed by atoms with E-state index in [1.807, 2.05) is 26.0 Å². The van der Waals surface area contributed by atoms with Crippen LogP contribution in [0.4, 0.5) is 0 Å². The molecule has 3 aromatic heterocycles. The fraction of sp³-hybridized carbons (Fsp3) is 0.292. The number of carbonyl (C=O) groups is 1. The van der Waals surface area contributed by atoms with Crippen molar-refractivity contribution in [1.29, 1.82) is 0 Å². The van der Waals surface area contributed by atoms with Crippen LogP contribution in [-0.4, -0.2) is 26.1 Å². The number of benzene rings is 1. The molecule has 0 unspecified atom stereocenters. The number of ketones is 1. The number of hydrogen-bond donors (Lipinski definition) is 0. The first kappa shape index (κ1) is 20.4. The van der Waals surface area contributed by atoms with Gasteiger partial charge in [-0.1, -0.05) is 29.5 Å². The molecule has 0 aliphatic rings. The van der Waals surface area contributed by atoms with Gasteiger partial charge in [-0.05, 0) is 63.4 Å². The van der Waals surface area contributed by atoms with Crippen LogP contribution in [0.2, 0.25) is 0 Å². The molecule has 0 saturated heterocycles. The molecule has 1 aromatic carbocycles. The molecule has 4 rings (SSSR count). The number of hydrogen-bond acceptors (Lipinski definition) is 5. The molecule has 6 heteroatoms. The van der Waals surface area contributed by atoms with Gasteiger partial charge in [0.05, 0.1) is 23.9 Å². The van der Waals surface area contributed by atoms with Gasteiger partial charge >= 0.3 is 0 Å². The van der Waals surface area contributed by atoms with Crippen molar-refractivity contribution >= 4 is 28.6 Å². The van der Waals surface area contributed by atoms with Crippen LogP contribution in [0, 0.1) is 34.6 Å². The molecule has 0 bridgehead atoms. The molecule has 154 valence electrons. The molecule has 30 heavy (non-hydrogen) atoms. The molecule has 0 spiro atoms. The number of thioether (sulfide) groups is 1. The van der Waals surface area contributed by atoms with E-state index in [0.717, 1.165) is 49.8 Å². The first-order valence-electron chi connectivity index (χ1n) is 9.93. The number of carbonyl (C=O) groups excluding carboxylic acids is 1. The van der Waals surface area contributed by atoms with E-state index in [0.29, 0.717) is 12.3 Å². The topological polar surface area (TPSA) is 60.9 Å². The Balaban J connectivity index is 1.65. The molecule has 0 amide bonds. The number of fused-ring (bicyclic) bond motifs is 1. The highest BCUT2D eigenvalue weighted by Gasteiger charge is 2.19. The monoisotopic (exact) mass is 419 g/mol. The van der Waals surface area contributed by atoms with Gasteiger partial charge in [0, 0.05) is 11.3 Å². The molecule has 0 saturated carbocycles. The number of aromatic nitrogens is 3. The summed E-state index contributed by atoms with van der Waals surface area (Å²) in [6, 6.07) is 7.98. The Morgan fingerprint density at radius 1 is 1.10 bits per heavy atom. The van der Waals surface area contributed by atoms with Crippen LogP contribution in [-0.2, 0) is 6.54 Å². The summed E-state index contributed by atoms with van der Waals surface area (Å²) in [5.41, 5.74) is 7.19. The molecule has 0 atom stereocenters. The summed E-state index contributed by atoms with van der Waals surface area (Å²) in [5.74, 6) is 1.35. The Morgan fingerprint density at radius 3 is 2.50 bits per heavy atom. The summed E-state index contributed by atoms with van der Waals surface area (Å²) in [7, 11) is 0. The normalized spacial score (nSPS) is 11.4. The number of nitrogens with zero attached hydrogens (tertiary/aromatic N) is 3. The second-order valence-electron chi connectivity index (χ2n) is 7.74. The van der Waals surface area contributed by atoms with Crippen molar-refractivity contribution in [2.45, 2.75) is 46.2 Å². The Hall–Kier alpha value is -2.86. The van der Waals surface area contributed by atoms with Crippen molar-refractivity contribution in [2.75, 3.05) is 5.75 Å². The van der Waals surface area contributed by atoms with Gasteiger partial charge < -0.3 is 8.98 Å². The highest BCUT2D eigenvalue weighted by molar-refractivity contribution is 8.00. The summed E-state index contributed by atoms with van der Waals surface area (Å²) in [5, 5.41) is 1.85. The molecule has 0 radical (unpaired) electrons. The van der Waals surface area contributed by atoms with E-state index in [9.17, 15) is 4.79 Å². The molecule has 0 N–H and O–H groups in total. The molecule has 5 nitrogen and oxygen atoms in total. The Morgan fingerprint density at radius 2 is 1.83 bits per heavy atom. The summed E-state index contributed by atoms with van der Waals surface area (Å²) < 4.78 is 7.67. The van der Waals surface area contributed by atoms with Gasteiger partial charge in [0.25, 0.3) is 0 Å². The second-order valence-corrected chi connectivity index (χ2v) is 8.70. The van der Waals surface area contributed by atoms with Crippen LogP contribution in [0.5, 0.6) is 0 Å². The van der Waals surface area contributed by atoms with Crippen molar-refractivity contribution < 1.29 is 9.21 Å². The van der Waals surface area contributed by atoms with Gasteiger partial charge in [0.15, 0.2) is 5.78 Å². The Labute approximate surface area is 180 Å². The predicted molar refractivity (Wildman–Crippen MR) is 121 cm³/mol. The molecular weight excluding hydrogens is 394 g/mol. The second kappa shape index (κ2) is 8.11. The average molecular weight is 420 g/mol. The standard InChI is InChI=1S/C24H25N3O2S/c1-14-9-15(2)21(16(3)10-14)20(28)12-30-24-22-17(4)18(5)27(23(22)25-13-26-24)11-19-7-6-8-29-19/h6-10,13H,11-12H2,1-5H3. The third kappa shape index (κ3) is 3.67. The smallest absolute Gasteiger partial charge is 0.173 e. The molecule has 4 aromatic rings. The minimum absolute atomic E-state index is 0.131. The summed E-state index contributed by atoms with van der Waals surface area (Å²) in [4.78, 5) is 22.0. The Bertz CT molecular complexity index is 1220. The summed E-state index contributed by atoms with van der Waals surface area (Å²) >= 11 is 1.48. The number of aryl methyl sites for hydroxylation is 4. The van der Waals surface area contributed by atoms with Crippen molar-refractivity contribution in [3.8, 4) is 0 Å². The lowest BCUT2D eigenvalue weighted by Crippen LogP contribution is -2.08. The van der Waals surface area contributed by atoms with E-state index in [4.69, 9.17) is 4.42 Å². The van der Waals surface area contributed by atoms with Crippen LogP contribution in [0.3, 0.4) is 0 Å². The maximum absolute atomic E-state index is 13.0. The van der Waals surface area contributed by atoms with Gasteiger partial charge in [-0.3, -0.25) is 4.79 Å². The lowest BCUT2D eigenvalue weighted by molar-refractivity contribution is 0.102. The van der Waals surface area contributed by atoms with Gasteiger partial charge in [0.2, 0.25) is 0 Å². The van der Waals surface area contributed by atoms with E-state index in [-0.39, 0.29) is 5.78 Å². The SMILES string of the molecule is Cc1cc(C)c(C(=O)CSc2ncnc3c2c(C)c(C)n3Cc2ccco2)c(C)c1. The number of Topliss-reactive ketones (excluding diaryl/α,β-unsaturated/α-hetero) is 1. The van der Waals surface area contributed by atoms with E-state index >= 15 is 0 Å². The fourth-order valence-electron chi connectivity index (χ4n) is 4.12. The minimum atomic E-state index is 0.131. The molecule has 0 aliphatic heterocycles. The fourth-order valence-corrected chi connectivity index (χ4v) is 5.05. The first-order valence-corrected chi connectivity index (χ1v) is 10.9. The lowest BCUT2D eigenvalue weighted by atomic mass is 9.97. The maximum Gasteiger partial charge on any atom is 0.173 e.